The Morgan fingerprint density at radius 2 is 1.50 bits per heavy atom. The van der Waals surface area contributed by atoms with E-state index in [1.165, 1.54) is 0 Å². The number of carbonyl (C=O) groups excluding carboxylic acids is 1. The molecule has 0 bridgehead atoms. The van der Waals surface area contributed by atoms with Crippen molar-refractivity contribution in [3.8, 4) is 23.0 Å². The molecule has 0 aromatic heterocycles. The predicted molar refractivity (Wildman–Crippen MR) is 128 cm³/mol. The largest absolute Gasteiger partial charge is 0.497 e. The van der Waals surface area contributed by atoms with Crippen molar-refractivity contribution in [2.75, 3.05) is 24.9 Å². The van der Waals surface area contributed by atoms with Gasteiger partial charge in [-0.25, -0.2) is 0 Å². The minimum atomic E-state index is -0.461. The van der Waals surface area contributed by atoms with Crippen LogP contribution in [0.25, 0.3) is 0 Å². The molecule has 32 heavy (non-hydrogen) atoms. The number of hydrogen-bond acceptors (Lipinski definition) is 5. The van der Waals surface area contributed by atoms with Crippen LogP contribution in [0.5, 0.6) is 23.0 Å². The van der Waals surface area contributed by atoms with Crippen LogP contribution in [-0.2, 0) is 4.79 Å². The number of nitrogens with one attached hydrogen (secondary N) is 2. The van der Waals surface area contributed by atoms with Gasteiger partial charge in [-0.15, -0.1) is 0 Å². The van der Waals surface area contributed by atoms with E-state index < -0.39 is 6.04 Å². The molecule has 2 N–H and O–H groups in total. The third kappa shape index (κ3) is 5.72. The van der Waals surface area contributed by atoms with Gasteiger partial charge >= 0.3 is 0 Å². The lowest BCUT2D eigenvalue weighted by atomic mass is 10.0. The standard InChI is InChI=1S/C26H30N2O4/c1-17(2)22-8-6-7-9-23(22)28-26(29)18(3)27-19-10-15-24(31-5)25(16-19)32-21-13-11-20(30-4)12-14-21/h6-18,27H,1-5H3,(H,28,29). The van der Waals surface area contributed by atoms with Gasteiger partial charge in [0.25, 0.3) is 0 Å². The fourth-order valence-corrected chi connectivity index (χ4v) is 3.29. The van der Waals surface area contributed by atoms with Crippen molar-refractivity contribution in [3.05, 3.63) is 72.3 Å². The molecular formula is C26H30N2O4. The summed E-state index contributed by atoms with van der Waals surface area (Å²) >= 11 is 0. The average molecular weight is 435 g/mol. The van der Waals surface area contributed by atoms with E-state index in [2.05, 4.69) is 24.5 Å². The molecule has 0 saturated heterocycles. The van der Waals surface area contributed by atoms with Gasteiger partial charge in [-0.3, -0.25) is 4.79 Å². The molecule has 1 unspecified atom stereocenters. The Morgan fingerprint density at radius 1 is 0.812 bits per heavy atom. The van der Waals surface area contributed by atoms with Gasteiger partial charge < -0.3 is 24.8 Å². The zero-order valence-corrected chi connectivity index (χ0v) is 19.1. The van der Waals surface area contributed by atoms with Crippen LogP contribution in [0.2, 0.25) is 0 Å². The maximum atomic E-state index is 12.8. The van der Waals surface area contributed by atoms with E-state index in [0.717, 1.165) is 22.7 Å². The second kappa shape index (κ2) is 10.6. The molecule has 0 spiro atoms. The van der Waals surface area contributed by atoms with Crippen LogP contribution < -0.4 is 24.8 Å². The zero-order chi connectivity index (χ0) is 23.1. The third-order valence-corrected chi connectivity index (χ3v) is 5.07. The third-order valence-electron chi connectivity index (χ3n) is 5.07. The summed E-state index contributed by atoms with van der Waals surface area (Å²) in [6.45, 7) is 6.03. The zero-order valence-electron chi connectivity index (χ0n) is 19.1. The number of methoxy groups -OCH3 is 2. The molecule has 0 radical (unpaired) electrons. The molecule has 6 nitrogen and oxygen atoms in total. The second-order valence-electron chi connectivity index (χ2n) is 7.74. The van der Waals surface area contributed by atoms with Crippen LogP contribution in [0, 0.1) is 0 Å². The van der Waals surface area contributed by atoms with Gasteiger partial charge in [-0.2, -0.15) is 0 Å². The number of hydrogen-bond donors (Lipinski definition) is 2. The minimum absolute atomic E-state index is 0.119. The topological polar surface area (TPSA) is 68.8 Å². The Kier molecular flexibility index (Phi) is 7.60. The van der Waals surface area contributed by atoms with E-state index in [4.69, 9.17) is 14.2 Å². The van der Waals surface area contributed by atoms with Gasteiger partial charge in [0.15, 0.2) is 11.5 Å². The van der Waals surface area contributed by atoms with Crippen LogP contribution >= 0.6 is 0 Å². The van der Waals surface area contributed by atoms with Crippen LogP contribution in [0.4, 0.5) is 11.4 Å². The van der Waals surface area contributed by atoms with Crippen molar-refractivity contribution in [1.29, 1.82) is 0 Å². The van der Waals surface area contributed by atoms with Gasteiger partial charge in [0.1, 0.15) is 17.5 Å². The van der Waals surface area contributed by atoms with E-state index in [-0.39, 0.29) is 5.91 Å². The Bertz CT molecular complexity index is 1050. The quantitative estimate of drug-likeness (QED) is 0.428. The predicted octanol–water partition coefficient (Wildman–Crippen LogP) is 6.06. The summed E-state index contributed by atoms with van der Waals surface area (Å²) < 4.78 is 16.6. The monoisotopic (exact) mass is 434 g/mol. The van der Waals surface area contributed by atoms with Gasteiger partial charge in [0, 0.05) is 17.4 Å². The molecule has 3 aromatic carbocycles. The molecule has 0 fully saturated rings. The maximum Gasteiger partial charge on any atom is 0.246 e. The first-order valence-electron chi connectivity index (χ1n) is 10.6. The Labute approximate surface area is 189 Å². The lowest BCUT2D eigenvalue weighted by molar-refractivity contribution is -0.116. The van der Waals surface area contributed by atoms with E-state index >= 15 is 0 Å². The summed E-state index contributed by atoms with van der Waals surface area (Å²) in [5, 5.41) is 6.27. The van der Waals surface area contributed by atoms with Crippen LogP contribution in [0.1, 0.15) is 32.3 Å². The minimum Gasteiger partial charge on any atom is -0.497 e. The SMILES string of the molecule is COc1ccc(Oc2cc(NC(C)C(=O)Nc3ccccc3C(C)C)ccc2OC)cc1. The van der Waals surface area contributed by atoms with Crippen molar-refractivity contribution in [2.24, 2.45) is 0 Å². The van der Waals surface area contributed by atoms with Crippen molar-refractivity contribution in [2.45, 2.75) is 32.7 Å². The first-order chi connectivity index (χ1) is 15.4. The van der Waals surface area contributed by atoms with Gasteiger partial charge in [0.05, 0.1) is 14.2 Å². The first-order valence-corrected chi connectivity index (χ1v) is 10.6. The number of para-hydroxylation sites is 1. The average Bonchev–Trinajstić information content (AvgIpc) is 2.80. The summed E-state index contributed by atoms with van der Waals surface area (Å²) in [4.78, 5) is 12.8. The summed E-state index contributed by atoms with van der Waals surface area (Å²) in [5.74, 6) is 2.73. The molecule has 3 rings (SSSR count). The smallest absolute Gasteiger partial charge is 0.246 e. The first kappa shape index (κ1) is 23.0. The lowest BCUT2D eigenvalue weighted by Crippen LogP contribution is -2.32. The number of benzene rings is 3. The highest BCUT2D eigenvalue weighted by Crippen LogP contribution is 2.35. The lowest BCUT2D eigenvalue weighted by Gasteiger charge is -2.19. The molecule has 0 aliphatic rings. The van der Waals surface area contributed by atoms with E-state index in [0.29, 0.717) is 23.2 Å². The Balaban J connectivity index is 1.72. The van der Waals surface area contributed by atoms with Crippen molar-refractivity contribution in [3.63, 3.8) is 0 Å². The highest BCUT2D eigenvalue weighted by atomic mass is 16.5. The number of amides is 1. The molecule has 6 heteroatoms. The number of anilines is 2. The molecule has 168 valence electrons. The molecule has 1 atom stereocenters. The van der Waals surface area contributed by atoms with Crippen LogP contribution in [-0.4, -0.2) is 26.2 Å². The molecular weight excluding hydrogens is 404 g/mol. The highest BCUT2D eigenvalue weighted by Gasteiger charge is 2.16. The molecule has 0 saturated carbocycles. The molecule has 1 amide bonds. The molecule has 0 aliphatic heterocycles. The van der Waals surface area contributed by atoms with Crippen molar-refractivity contribution >= 4 is 17.3 Å². The van der Waals surface area contributed by atoms with Crippen LogP contribution in [0.15, 0.2) is 66.7 Å². The van der Waals surface area contributed by atoms with Crippen molar-refractivity contribution in [1.82, 2.24) is 0 Å². The highest BCUT2D eigenvalue weighted by molar-refractivity contribution is 5.97. The van der Waals surface area contributed by atoms with E-state index in [1.54, 1.807) is 20.3 Å². The normalized spacial score (nSPS) is 11.6. The van der Waals surface area contributed by atoms with Crippen molar-refractivity contribution < 1.29 is 19.0 Å². The Hall–Kier alpha value is -3.67. The Morgan fingerprint density at radius 3 is 2.16 bits per heavy atom. The van der Waals surface area contributed by atoms with Gasteiger partial charge in [-0.05, 0) is 60.9 Å². The van der Waals surface area contributed by atoms with E-state index in [9.17, 15) is 4.79 Å². The maximum absolute atomic E-state index is 12.8. The summed E-state index contributed by atoms with van der Waals surface area (Å²) in [6, 6.07) is 20.2. The van der Waals surface area contributed by atoms with Gasteiger partial charge in [-0.1, -0.05) is 32.0 Å². The van der Waals surface area contributed by atoms with Gasteiger partial charge in [0.2, 0.25) is 5.91 Å². The summed E-state index contributed by atoms with van der Waals surface area (Å²) in [7, 11) is 3.21. The summed E-state index contributed by atoms with van der Waals surface area (Å²) in [5.41, 5.74) is 2.68. The second-order valence-corrected chi connectivity index (χ2v) is 7.74. The van der Waals surface area contributed by atoms with E-state index in [1.807, 2.05) is 67.6 Å². The molecule has 0 heterocycles. The fraction of sp³-hybridized carbons (Fsp3) is 0.269. The summed E-state index contributed by atoms with van der Waals surface area (Å²) in [6.07, 6.45) is 0. The fourth-order valence-electron chi connectivity index (χ4n) is 3.29. The molecule has 3 aromatic rings. The number of ether oxygens (including phenoxy) is 3. The molecule has 0 aliphatic carbocycles. The number of carbonyl (C=O) groups is 1. The number of rotatable bonds is 9. The van der Waals surface area contributed by atoms with Crippen LogP contribution in [0.3, 0.4) is 0 Å².